The predicted molar refractivity (Wildman–Crippen MR) is 140 cm³/mol. The lowest BCUT2D eigenvalue weighted by atomic mass is 10.0. The first kappa shape index (κ1) is 24.6. The predicted octanol–water partition coefficient (Wildman–Crippen LogP) is 4.61. The maximum Gasteiger partial charge on any atom is 0.255 e. The normalized spacial score (nSPS) is 11.6. The van der Waals surface area contributed by atoms with Crippen LogP contribution in [-0.4, -0.2) is 27.1 Å². The van der Waals surface area contributed by atoms with E-state index < -0.39 is 22.5 Å². The van der Waals surface area contributed by atoms with E-state index in [2.05, 4.69) is 31.2 Å². The fourth-order valence-electron chi connectivity index (χ4n) is 3.37. The Morgan fingerprint density at radius 3 is 2.51 bits per heavy atom. The zero-order valence-electron chi connectivity index (χ0n) is 18.5. The van der Waals surface area contributed by atoms with Gasteiger partial charge in [-0.25, -0.2) is 18.6 Å². The van der Waals surface area contributed by atoms with Gasteiger partial charge in [0.25, 0.3) is 5.91 Å². The third kappa shape index (κ3) is 6.54. The second-order valence-electron chi connectivity index (χ2n) is 7.55. The molecule has 2 N–H and O–H groups in total. The van der Waals surface area contributed by atoms with Crippen molar-refractivity contribution in [2.75, 3.05) is 6.54 Å². The number of nitrogens with zero attached hydrogens (tertiary/aromatic N) is 1. The van der Waals surface area contributed by atoms with Gasteiger partial charge in [0.2, 0.25) is 10.0 Å². The third-order valence-electron chi connectivity index (χ3n) is 5.07. The van der Waals surface area contributed by atoms with E-state index in [1.807, 2.05) is 60.7 Å². The van der Waals surface area contributed by atoms with E-state index in [4.69, 9.17) is 4.74 Å². The van der Waals surface area contributed by atoms with E-state index in [-0.39, 0.29) is 4.90 Å². The highest BCUT2D eigenvalue weighted by Gasteiger charge is 2.14. The van der Waals surface area contributed by atoms with Crippen molar-refractivity contribution in [2.45, 2.75) is 11.5 Å². The maximum atomic E-state index is 12.3. The molecule has 4 rings (SSSR count). The number of hydrogen-bond donors (Lipinski definition) is 2. The molecule has 1 amide bonds. The van der Waals surface area contributed by atoms with Gasteiger partial charge in [-0.15, -0.1) is 0 Å². The first-order valence-electron chi connectivity index (χ1n) is 10.7. The number of rotatable bonds is 9. The Bertz CT molecular complexity index is 1470. The second kappa shape index (κ2) is 11.3. The van der Waals surface area contributed by atoms with E-state index in [1.165, 1.54) is 18.3 Å². The average molecular weight is 552 g/mol. The van der Waals surface area contributed by atoms with Gasteiger partial charge in [0, 0.05) is 10.0 Å². The van der Waals surface area contributed by atoms with Crippen LogP contribution < -0.4 is 14.9 Å². The summed E-state index contributed by atoms with van der Waals surface area (Å²) in [6, 6.07) is 27.2. The van der Waals surface area contributed by atoms with E-state index in [0.717, 1.165) is 20.8 Å². The van der Waals surface area contributed by atoms with Gasteiger partial charge in [-0.05, 0) is 46.7 Å². The number of halogens is 1. The van der Waals surface area contributed by atoms with Gasteiger partial charge < -0.3 is 4.74 Å². The molecular formula is C26H22BrN3O4S. The van der Waals surface area contributed by atoms with Crippen molar-refractivity contribution >= 4 is 48.8 Å². The Morgan fingerprint density at radius 1 is 0.943 bits per heavy atom. The third-order valence-corrected chi connectivity index (χ3v) is 6.98. The number of sulfonamides is 1. The largest absolute Gasteiger partial charge is 0.488 e. The molecule has 0 fully saturated rings. The lowest BCUT2D eigenvalue weighted by Crippen LogP contribution is -2.34. The maximum absolute atomic E-state index is 12.3. The summed E-state index contributed by atoms with van der Waals surface area (Å²) in [6.07, 6.45) is 1.50. The molecule has 9 heteroatoms. The van der Waals surface area contributed by atoms with Crippen LogP contribution in [0.5, 0.6) is 5.75 Å². The Balaban J connectivity index is 1.46. The van der Waals surface area contributed by atoms with Crippen LogP contribution in [0.25, 0.3) is 10.8 Å². The summed E-state index contributed by atoms with van der Waals surface area (Å²) in [6.45, 7) is -0.0947. The second-order valence-corrected chi connectivity index (χ2v) is 10.2. The number of amides is 1. The van der Waals surface area contributed by atoms with Crippen LogP contribution in [0.3, 0.4) is 0 Å². The summed E-state index contributed by atoms with van der Waals surface area (Å²) in [7, 11) is -3.79. The first-order valence-corrected chi connectivity index (χ1v) is 13.0. The van der Waals surface area contributed by atoms with Crippen LogP contribution in [0, 0.1) is 0 Å². The Labute approximate surface area is 212 Å². The molecule has 35 heavy (non-hydrogen) atoms. The first-order chi connectivity index (χ1) is 16.9. The summed E-state index contributed by atoms with van der Waals surface area (Å²) in [5.74, 6) is 0.00375. The molecule has 0 atom stereocenters. The summed E-state index contributed by atoms with van der Waals surface area (Å²) in [4.78, 5) is 12.3. The molecule has 0 saturated carbocycles. The summed E-state index contributed by atoms with van der Waals surface area (Å²) < 4.78 is 33.9. The molecule has 0 aromatic heterocycles. The fraction of sp³-hybridized carbons (Fsp3) is 0.0769. The van der Waals surface area contributed by atoms with Crippen molar-refractivity contribution in [1.82, 2.24) is 10.1 Å². The molecule has 7 nitrogen and oxygen atoms in total. The van der Waals surface area contributed by atoms with Gasteiger partial charge in [0.1, 0.15) is 12.4 Å². The standard InChI is InChI=1S/C26H22BrN3O4S/c27-21-9-6-7-19(15-21)18-34-25-14-13-20-8-4-5-12-23(20)24(25)16-28-30-26(31)17-29-35(32,33)22-10-2-1-3-11-22/h1-16,29H,17-18H2,(H,30,31). The van der Waals surface area contributed by atoms with Crippen molar-refractivity contribution in [3.8, 4) is 5.75 Å². The molecule has 0 aliphatic rings. The van der Waals surface area contributed by atoms with Crippen LogP contribution >= 0.6 is 15.9 Å². The van der Waals surface area contributed by atoms with Gasteiger partial charge in [0.15, 0.2) is 0 Å². The van der Waals surface area contributed by atoms with E-state index in [0.29, 0.717) is 17.9 Å². The molecule has 0 spiro atoms. The molecule has 0 radical (unpaired) electrons. The van der Waals surface area contributed by atoms with Crippen LogP contribution in [0.4, 0.5) is 0 Å². The number of carbonyl (C=O) groups is 1. The Morgan fingerprint density at radius 2 is 1.71 bits per heavy atom. The quantitative estimate of drug-likeness (QED) is 0.234. The molecule has 0 heterocycles. The number of ether oxygens (including phenoxy) is 1. The average Bonchev–Trinajstić information content (AvgIpc) is 2.87. The molecule has 178 valence electrons. The topological polar surface area (TPSA) is 96.9 Å². The minimum absolute atomic E-state index is 0.0827. The number of fused-ring (bicyclic) bond motifs is 1. The number of benzene rings is 4. The van der Waals surface area contributed by atoms with Gasteiger partial charge in [-0.2, -0.15) is 5.10 Å². The summed E-state index contributed by atoms with van der Waals surface area (Å²) in [5.41, 5.74) is 4.06. The lowest BCUT2D eigenvalue weighted by molar-refractivity contribution is -0.119. The Kier molecular flexibility index (Phi) is 7.91. The van der Waals surface area contributed by atoms with E-state index in [9.17, 15) is 13.2 Å². The molecule has 0 aliphatic carbocycles. The zero-order valence-corrected chi connectivity index (χ0v) is 20.9. The molecule has 0 unspecified atom stereocenters. The van der Waals surface area contributed by atoms with Gasteiger partial charge in [-0.3, -0.25) is 4.79 Å². The smallest absolute Gasteiger partial charge is 0.255 e. The minimum atomic E-state index is -3.79. The van der Waals surface area contributed by atoms with Gasteiger partial charge in [-0.1, -0.05) is 76.6 Å². The highest BCUT2D eigenvalue weighted by atomic mass is 79.9. The fourth-order valence-corrected chi connectivity index (χ4v) is 4.82. The van der Waals surface area contributed by atoms with Crippen molar-refractivity contribution in [2.24, 2.45) is 5.10 Å². The van der Waals surface area contributed by atoms with Crippen LogP contribution in [0.1, 0.15) is 11.1 Å². The summed E-state index contributed by atoms with van der Waals surface area (Å²) >= 11 is 3.46. The SMILES string of the molecule is O=C(CNS(=O)(=O)c1ccccc1)NN=Cc1c(OCc2cccc(Br)c2)ccc2ccccc12. The monoisotopic (exact) mass is 551 g/mol. The summed E-state index contributed by atoms with van der Waals surface area (Å²) in [5, 5.41) is 5.94. The van der Waals surface area contributed by atoms with E-state index >= 15 is 0 Å². The van der Waals surface area contributed by atoms with Crippen LogP contribution in [0.2, 0.25) is 0 Å². The van der Waals surface area contributed by atoms with Crippen molar-refractivity contribution in [1.29, 1.82) is 0 Å². The van der Waals surface area contributed by atoms with Gasteiger partial charge >= 0.3 is 0 Å². The molecule has 4 aromatic rings. The lowest BCUT2D eigenvalue weighted by Gasteiger charge is -2.12. The zero-order chi connectivity index (χ0) is 24.7. The number of nitrogens with one attached hydrogen (secondary N) is 2. The molecule has 0 bridgehead atoms. The number of hydrazone groups is 1. The van der Waals surface area contributed by atoms with Crippen molar-refractivity contribution in [3.05, 3.63) is 107 Å². The van der Waals surface area contributed by atoms with Crippen molar-refractivity contribution in [3.63, 3.8) is 0 Å². The van der Waals surface area contributed by atoms with Crippen molar-refractivity contribution < 1.29 is 17.9 Å². The Hall–Kier alpha value is -3.53. The number of carbonyl (C=O) groups excluding carboxylic acids is 1. The highest BCUT2D eigenvalue weighted by Crippen LogP contribution is 2.27. The molecule has 4 aromatic carbocycles. The van der Waals surface area contributed by atoms with Gasteiger partial charge in [0.05, 0.1) is 17.7 Å². The van der Waals surface area contributed by atoms with E-state index in [1.54, 1.807) is 18.2 Å². The minimum Gasteiger partial charge on any atom is -0.488 e. The molecular weight excluding hydrogens is 530 g/mol. The van der Waals surface area contributed by atoms with Crippen LogP contribution in [0.15, 0.2) is 105 Å². The molecule has 0 aliphatic heterocycles. The molecule has 0 saturated heterocycles. The highest BCUT2D eigenvalue weighted by molar-refractivity contribution is 9.10. The van der Waals surface area contributed by atoms with Crippen LogP contribution in [-0.2, 0) is 21.4 Å². The number of hydrogen-bond acceptors (Lipinski definition) is 5.